The van der Waals surface area contributed by atoms with Crippen LogP contribution in [0.25, 0.3) is 10.2 Å². The van der Waals surface area contributed by atoms with Crippen LogP contribution in [-0.2, 0) is 14.3 Å². The number of benzene rings is 1. The van der Waals surface area contributed by atoms with E-state index in [4.69, 9.17) is 9.47 Å². The first-order valence-electron chi connectivity index (χ1n) is 7.52. The molecule has 1 aliphatic heterocycles. The molecule has 2 heterocycles. The zero-order chi connectivity index (χ0) is 17.1. The Morgan fingerprint density at radius 1 is 1.32 bits per heavy atom. The Labute approximate surface area is 155 Å². The van der Waals surface area contributed by atoms with Gasteiger partial charge in [-0.2, -0.15) is 0 Å². The third kappa shape index (κ3) is 4.59. The van der Waals surface area contributed by atoms with Gasteiger partial charge in [-0.3, -0.25) is 9.69 Å². The van der Waals surface area contributed by atoms with Crippen molar-refractivity contribution in [3.8, 4) is 0 Å². The summed E-state index contributed by atoms with van der Waals surface area (Å²) in [7, 11) is 3.85. The first-order valence-corrected chi connectivity index (χ1v) is 8.33. The van der Waals surface area contributed by atoms with E-state index < -0.39 is 0 Å². The van der Waals surface area contributed by atoms with Gasteiger partial charge in [-0.05, 0) is 32.3 Å². The van der Waals surface area contributed by atoms with Crippen molar-refractivity contribution < 1.29 is 31.1 Å². The van der Waals surface area contributed by atoms with E-state index in [2.05, 4.69) is 4.98 Å². The van der Waals surface area contributed by atoms with Gasteiger partial charge >= 0.3 is 0 Å². The minimum atomic E-state index is -0.324. The lowest BCUT2D eigenvalue weighted by Gasteiger charge is -2.24. The third-order valence-corrected chi connectivity index (χ3v) is 4.49. The predicted molar refractivity (Wildman–Crippen MR) is 90.5 cm³/mol. The Hall–Kier alpha value is -1.90. The average Bonchev–Trinajstić information content (AvgIpc) is 2.98. The van der Waals surface area contributed by atoms with Crippen LogP contribution in [0.5, 0.6) is 0 Å². The molecule has 0 bridgehead atoms. The Balaban J connectivity index is 0.00000225. The molecule has 3 rings (SSSR count). The summed E-state index contributed by atoms with van der Waals surface area (Å²) in [6.07, 6.45) is 1.33. The summed E-state index contributed by atoms with van der Waals surface area (Å²) in [6.45, 7) is 1.86. The molecule has 1 aromatic heterocycles. The van der Waals surface area contributed by atoms with Crippen molar-refractivity contribution in [1.82, 2.24) is 9.88 Å². The van der Waals surface area contributed by atoms with Crippen LogP contribution in [0.4, 0.5) is 9.52 Å². The molecule has 9 heteroatoms. The van der Waals surface area contributed by atoms with Gasteiger partial charge in [0.15, 0.2) is 5.13 Å². The Kier molecular flexibility index (Phi) is 6.57. The van der Waals surface area contributed by atoms with E-state index in [9.17, 15) is 9.18 Å². The fraction of sp³-hybridized carbons (Fsp3) is 0.375. The van der Waals surface area contributed by atoms with Crippen molar-refractivity contribution in [3.63, 3.8) is 0 Å². The van der Waals surface area contributed by atoms with Crippen LogP contribution >= 0.6 is 11.3 Å². The molecule has 2 aromatic rings. The lowest BCUT2D eigenvalue weighted by molar-refractivity contribution is -0.119. The Morgan fingerprint density at radius 3 is 2.80 bits per heavy atom. The van der Waals surface area contributed by atoms with Crippen LogP contribution in [0.3, 0.4) is 0 Å². The SMILES string of the molecule is CN(C)CCN(C(=O)C1=COCCO1)c1nc2ccc(F)cc2s1.[Cl-]. The largest absolute Gasteiger partial charge is 1.00 e. The predicted octanol–water partition coefficient (Wildman–Crippen LogP) is -0.778. The molecule has 136 valence electrons. The highest BCUT2D eigenvalue weighted by atomic mass is 35.5. The van der Waals surface area contributed by atoms with Crippen LogP contribution in [0.15, 0.2) is 30.2 Å². The summed E-state index contributed by atoms with van der Waals surface area (Å²) in [4.78, 5) is 20.8. The molecule has 0 N–H and O–H groups in total. The van der Waals surface area contributed by atoms with E-state index >= 15 is 0 Å². The average molecular weight is 387 g/mol. The van der Waals surface area contributed by atoms with Crippen LogP contribution in [-0.4, -0.2) is 56.2 Å². The Morgan fingerprint density at radius 2 is 2.12 bits per heavy atom. The number of likely N-dealkylation sites (N-methyl/N-ethyl adjacent to an activating group) is 1. The Bertz CT molecular complexity index is 781. The minimum absolute atomic E-state index is 0. The summed E-state index contributed by atoms with van der Waals surface area (Å²) in [5.74, 6) is -0.475. The number of amides is 1. The molecule has 0 spiro atoms. The van der Waals surface area contributed by atoms with Gasteiger partial charge in [-0.15, -0.1) is 0 Å². The maximum Gasteiger partial charge on any atom is 0.298 e. The van der Waals surface area contributed by atoms with Crippen molar-refractivity contribution in [2.45, 2.75) is 0 Å². The van der Waals surface area contributed by atoms with Gasteiger partial charge in [0, 0.05) is 13.1 Å². The lowest BCUT2D eigenvalue weighted by atomic mass is 10.3. The number of halogens is 2. The summed E-state index contributed by atoms with van der Waals surface area (Å²) >= 11 is 1.28. The van der Waals surface area contributed by atoms with Crippen molar-refractivity contribution in [1.29, 1.82) is 0 Å². The highest BCUT2D eigenvalue weighted by molar-refractivity contribution is 7.22. The van der Waals surface area contributed by atoms with E-state index in [-0.39, 0.29) is 29.9 Å². The van der Waals surface area contributed by atoms with Gasteiger partial charge in [0.1, 0.15) is 25.3 Å². The number of hydrogen-bond donors (Lipinski definition) is 0. The normalized spacial score (nSPS) is 13.7. The maximum atomic E-state index is 13.4. The molecule has 0 saturated heterocycles. The number of carbonyl (C=O) groups excluding carboxylic acids is 1. The summed E-state index contributed by atoms with van der Waals surface area (Å²) < 4.78 is 24.7. The molecule has 1 amide bonds. The number of rotatable bonds is 5. The van der Waals surface area contributed by atoms with E-state index in [1.165, 1.54) is 29.7 Å². The van der Waals surface area contributed by atoms with Gasteiger partial charge in [0.2, 0.25) is 5.76 Å². The topological polar surface area (TPSA) is 54.9 Å². The minimum Gasteiger partial charge on any atom is -1.00 e. The molecule has 0 aliphatic carbocycles. The van der Waals surface area contributed by atoms with Gasteiger partial charge in [-0.25, -0.2) is 9.37 Å². The fourth-order valence-electron chi connectivity index (χ4n) is 2.20. The van der Waals surface area contributed by atoms with Gasteiger partial charge in [-0.1, -0.05) is 11.3 Å². The number of fused-ring (bicyclic) bond motifs is 1. The second-order valence-electron chi connectivity index (χ2n) is 5.57. The van der Waals surface area contributed by atoms with Gasteiger partial charge < -0.3 is 26.8 Å². The number of thiazole rings is 1. The lowest BCUT2D eigenvalue weighted by Crippen LogP contribution is -3.00. The summed E-state index contributed by atoms with van der Waals surface area (Å²) in [5.41, 5.74) is 0.661. The van der Waals surface area contributed by atoms with Crippen molar-refractivity contribution in [2.24, 2.45) is 0 Å². The number of nitrogens with zero attached hydrogens (tertiary/aromatic N) is 3. The van der Waals surface area contributed by atoms with Crippen LogP contribution < -0.4 is 17.3 Å². The maximum absolute atomic E-state index is 13.4. The molecule has 0 fully saturated rings. The van der Waals surface area contributed by atoms with E-state index in [0.717, 1.165) is 0 Å². The summed E-state index contributed by atoms with van der Waals surface area (Å²) in [6, 6.07) is 4.39. The third-order valence-electron chi connectivity index (χ3n) is 3.45. The number of carbonyl (C=O) groups is 1. The standard InChI is InChI=1S/C16H18FN3O3S.ClH/c1-19(2)5-6-20(15(21)13-10-22-7-8-23-13)16-18-12-4-3-11(17)9-14(12)24-16;/h3-4,9-10H,5-8H2,1-2H3;1H/p-1. The smallest absolute Gasteiger partial charge is 0.298 e. The van der Waals surface area contributed by atoms with E-state index in [0.29, 0.717) is 41.7 Å². The molecule has 0 atom stereocenters. The van der Waals surface area contributed by atoms with Gasteiger partial charge in [0.05, 0.1) is 10.2 Å². The second-order valence-corrected chi connectivity index (χ2v) is 6.58. The zero-order valence-electron chi connectivity index (χ0n) is 13.9. The van der Waals surface area contributed by atoms with Crippen LogP contribution in [0, 0.1) is 5.82 Å². The molecule has 1 aliphatic rings. The number of anilines is 1. The van der Waals surface area contributed by atoms with Crippen molar-refractivity contribution >= 4 is 32.6 Å². The van der Waals surface area contributed by atoms with E-state index in [1.54, 1.807) is 11.0 Å². The highest BCUT2D eigenvalue weighted by Gasteiger charge is 2.26. The highest BCUT2D eigenvalue weighted by Crippen LogP contribution is 2.30. The van der Waals surface area contributed by atoms with Crippen LogP contribution in [0.1, 0.15) is 0 Å². The summed E-state index contributed by atoms with van der Waals surface area (Å²) in [5, 5.41) is 0.512. The quantitative estimate of drug-likeness (QED) is 0.675. The van der Waals surface area contributed by atoms with Gasteiger partial charge in [0.25, 0.3) is 5.91 Å². The molecule has 1 aromatic carbocycles. The molecular weight excluding hydrogens is 369 g/mol. The van der Waals surface area contributed by atoms with Crippen LogP contribution in [0.2, 0.25) is 0 Å². The van der Waals surface area contributed by atoms with E-state index in [1.807, 2.05) is 19.0 Å². The number of ether oxygens (including phenoxy) is 2. The first-order chi connectivity index (χ1) is 11.5. The zero-order valence-corrected chi connectivity index (χ0v) is 15.4. The molecule has 0 unspecified atom stereocenters. The molecule has 25 heavy (non-hydrogen) atoms. The number of aromatic nitrogens is 1. The first kappa shape index (κ1) is 19.4. The monoisotopic (exact) mass is 386 g/mol. The fourth-order valence-corrected chi connectivity index (χ4v) is 3.21. The second kappa shape index (κ2) is 8.46. The molecular formula is C16H18ClFN3O3S-. The molecule has 0 saturated carbocycles. The molecule has 0 radical (unpaired) electrons. The van der Waals surface area contributed by atoms with Crippen molar-refractivity contribution in [3.05, 3.63) is 36.0 Å². The van der Waals surface area contributed by atoms with Crippen molar-refractivity contribution in [2.75, 3.05) is 45.3 Å². The number of hydrogen-bond acceptors (Lipinski definition) is 6. The molecule has 6 nitrogen and oxygen atoms in total.